The molecular formula is C13H18ClN3O. The lowest BCUT2D eigenvalue weighted by molar-refractivity contribution is -0.130. The zero-order valence-electron chi connectivity index (χ0n) is 10.3. The van der Waals surface area contributed by atoms with Crippen molar-refractivity contribution in [2.24, 2.45) is 0 Å². The largest absolute Gasteiger partial charge is 0.397 e. The van der Waals surface area contributed by atoms with Crippen molar-refractivity contribution in [2.75, 3.05) is 30.7 Å². The Bertz CT molecular complexity index is 430. The highest BCUT2D eigenvalue weighted by Crippen LogP contribution is 2.22. The molecule has 1 amide bonds. The first-order chi connectivity index (χ1) is 8.66. The summed E-state index contributed by atoms with van der Waals surface area (Å²) in [6, 6.07) is 5.22. The van der Waals surface area contributed by atoms with Gasteiger partial charge in [-0.3, -0.25) is 4.79 Å². The summed E-state index contributed by atoms with van der Waals surface area (Å²) in [6.07, 6.45) is 3.44. The molecule has 0 saturated carbocycles. The number of hydrogen-bond acceptors (Lipinski definition) is 3. The summed E-state index contributed by atoms with van der Waals surface area (Å²) >= 11 is 5.82. The summed E-state index contributed by atoms with van der Waals surface area (Å²) < 4.78 is 0. The van der Waals surface area contributed by atoms with Crippen molar-refractivity contribution in [2.45, 2.75) is 19.3 Å². The molecule has 1 aliphatic rings. The van der Waals surface area contributed by atoms with Crippen LogP contribution in [-0.4, -0.2) is 30.4 Å². The summed E-state index contributed by atoms with van der Waals surface area (Å²) in [6.45, 7) is 2.03. The molecule has 0 atom stereocenters. The van der Waals surface area contributed by atoms with Crippen LogP contribution in [0.15, 0.2) is 18.2 Å². The topological polar surface area (TPSA) is 58.4 Å². The average Bonchev–Trinajstić information content (AvgIpc) is 2.38. The van der Waals surface area contributed by atoms with Crippen LogP contribution in [0.4, 0.5) is 11.4 Å². The summed E-state index contributed by atoms with van der Waals surface area (Å²) in [5, 5.41) is 3.66. The smallest absolute Gasteiger partial charge is 0.241 e. The Kier molecular flexibility index (Phi) is 4.31. The first-order valence-electron chi connectivity index (χ1n) is 6.23. The van der Waals surface area contributed by atoms with Gasteiger partial charge in [0.15, 0.2) is 0 Å². The minimum absolute atomic E-state index is 0.129. The molecule has 0 aromatic heterocycles. The van der Waals surface area contributed by atoms with Crippen molar-refractivity contribution < 1.29 is 4.79 Å². The lowest BCUT2D eigenvalue weighted by Gasteiger charge is -2.27. The Morgan fingerprint density at radius 3 is 2.72 bits per heavy atom. The molecule has 98 valence electrons. The molecule has 1 fully saturated rings. The number of likely N-dealkylation sites (tertiary alicyclic amines) is 1. The first-order valence-corrected chi connectivity index (χ1v) is 6.61. The fraction of sp³-hybridized carbons (Fsp3) is 0.462. The summed E-state index contributed by atoms with van der Waals surface area (Å²) in [4.78, 5) is 13.9. The molecule has 0 bridgehead atoms. The Balaban J connectivity index is 1.88. The van der Waals surface area contributed by atoms with Crippen LogP contribution in [0.2, 0.25) is 5.02 Å². The van der Waals surface area contributed by atoms with Gasteiger partial charge in [-0.25, -0.2) is 0 Å². The van der Waals surface area contributed by atoms with Gasteiger partial charge in [0.05, 0.1) is 17.9 Å². The van der Waals surface area contributed by atoms with E-state index in [4.69, 9.17) is 17.3 Å². The monoisotopic (exact) mass is 267 g/mol. The zero-order valence-corrected chi connectivity index (χ0v) is 11.0. The highest BCUT2D eigenvalue weighted by atomic mass is 35.5. The van der Waals surface area contributed by atoms with Crippen LogP contribution in [0, 0.1) is 0 Å². The maximum absolute atomic E-state index is 11.9. The van der Waals surface area contributed by atoms with Gasteiger partial charge in [0.2, 0.25) is 5.91 Å². The van der Waals surface area contributed by atoms with E-state index in [1.807, 2.05) is 4.90 Å². The van der Waals surface area contributed by atoms with E-state index in [0.717, 1.165) is 31.6 Å². The van der Waals surface area contributed by atoms with Gasteiger partial charge in [-0.2, -0.15) is 0 Å². The number of amides is 1. The number of nitrogen functional groups attached to an aromatic ring is 1. The van der Waals surface area contributed by atoms with Gasteiger partial charge in [-0.15, -0.1) is 0 Å². The normalized spacial score (nSPS) is 15.5. The molecule has 3 N–H and O–H groups in total. The number of anilines is 2. The first kappa shape index (κ1) is 13.0. The number of piperidine rings is 1. The van der Waals surface area contributed by atoms with E-state index < -0.39 is 0 Å². The average molecular weight is 268 g/mol. The molecule has 2 rings (SSSR count). The van der Waals surface area contributed by atoms with E-state index in [1.165, 1.54) is 6.42 Å². The molecule has 0 aliphatic carbocycles. The second-order valence-electron chi connectivity index (χ2n) is 4.53. The van der Waals surface area contributed by atoms with Crippen molar-refractivity contribution in [3.05, 3.63) is 23.2 Å². The van der Waals surface area contributed by atoms with Crippen molar-refractivity contribution in [3.8, 4) is 0 Å². The zero-order chi connectivity index (χ0) is 13.0. The number of rotatable bonds is 3. The number of halogens is 1. The third-order valence-electron chi connectivity index (χ3n) is 3.15. The van der Waals surface area contributed by atoms with E-state index in [0.29, 0.717) is 10.7 Å². The standard InChI is InChI=1S/C13H18ClN3O/c14-10-4-5-12(11(15)8-10)16-9-13(18)17-6-2-1-3-7-17/h4-5,8,16H,1-3,6-7,9,15H2. The molecule has 0 spiro atoms. The maximum Gasteiger partial charge on any atom is 0.241 e. The van der Waals surface area contributed by atoms with Crippen molar-refractivity contribution in [3.63, 3.8) is 0 Å². The van der Waals surface area contributed by atoms with Gasteiger partial charge >= 0.3 is 0 Å². The van der Waals surface area contributed by atoms with Crippen LogP contribution in [0.1, 0.15) is 19.3 Å². The fourth-order valence-electron chi connectivity index (χ4n) is 2.12. The maximum atomic E-state index is 11.9. The van der Waals surface area contributed by atoms with Gasteiger partial charge in [-0.05, 0) is 37.5 Å². The van der Waals surface area contributed by atoms with Crippen molar-refractivity contribution >= 4 is 28.9 Å². The number of carbonyl (C=O) groups is 1. The van der Waals surface area contributed by atoms with Crippen LogP contribution < -0.4 is 11.1 Å². The number of benzene rings is 1. The molecule has 5 heteroatoms. The third-order valence-corrected chi connectivity index (χ3v) is 3.39. The van der Waals surface area contributed by atoms with Crippen molar-refractivity contribution in [1.29, 1.82) is 0 Å². The summed E-state index contributed by atoms with van der Waals surface area (Å²) in [5.74, 6) is 0.129. The number of nitrogens with one attached hydrogen (secondary N) is 1. The number of nitrogens with two attached hydrogens (primary N) is 1. The minimum atomic E-state index is 0.129. The highest BCUT2D eigenvalue weighted by molar-refractivity contribution is 6.31. The Morgan fingerprint density at radius 1 is 1.33 bits per heavy atom. The van der Waals surface area contributed by atoms with Crippen LogP contribution in [0.5, 0.6) is 0 Å². The van der Waals surface area contributed by atoms with Gasteiger partial charge in [0, 0.05) is 18.1 Å². The Labute approximate surface area is 112 Å². The predicted octanol–water partition coefficient (Wildman–Crippen LogP) is 2.35. The van der Waals surface area contributed by atoms with E-state index in [9.17, 15) is 4.79 Å². The molecule has 4 nitrogen and oxygen atoms in total. The SMILES string of the molecule is Nc1cc(Cl)ccc1NCC(=O)N1CCCCC1. The van der Waals surface area contributed by atoms with Gasteiger partial charge < -0.3 is 16.0 Å². The van der Waals surface area contributed by atoms with Crippen LogP contribution in [0.25, 0.3) is 0 Å². The quantitative estimate of drug-likeness (QED) is 0.827. The van der Waals surface area contributed by atoms with Crippen molar-refractivity contribution in [1.82, 2.24) is 4.90 Å². The minimum Gasteiger partial charge on any atom is -0.397 e. The molecule has 1 aromatic rings. The molecular weight excluding hydrogens is 250 g/mol. The molecule has 0 unspecified atom stereocenters. The number of nitrogens with zero attached hydrogens (tertiary/aromatic N) is 1. The third kappa shape index (κ3) is 3.29. The highest BCUT2D eigenvalue weighted by Gasteiger charge is 2.16. The summed E-state index contributed by atoms with van der Waals surface area (Å²) in [7, 11) is 0. The number of hydrogen-bond donors (Lipinski definition) is 2. The Hall–Kier alpha value is -1.42. The molecule has 1 heterocycles. The second kappa shape index (κ2) is 5.96. The lowest BCUT2D eigenvalue weighted by atomic mass is 10.1. The molecule has 1 aliphatic heterocycles. The predicted molar refractivity (Wildman–Crippen MR) is 74.8 cm³/mol. The van der Waals surface area contributed by atoms with Gasteiger partial charge in [-0.1, -0.05) is 11.6 Å². The Morgan fingerprint density at radius 2 is 2.06 bits per heavy atom. The molecule has 1 aromatic carbocycles. The molecule has 0 radical (unpaired) electrons. The fourth-order valence-corrected chi connectivity index (χ4v) is 2.30. The van der Waals surface area contributed by atoms with E-state index >= 15 is 0 Å². The van der Waals surface area contributed by atoms with Crippen LogP contribution in [0.3, 0.4) is 0 Å². The molecule has 18 heavy (non-hydrogen) atoms. The van der Waals surface area contributed by atoms with E-state index in [1.54, 1.807) is 18.2 Å². The van der Waals surface area contributed by atoms with E-state index in [2.05, 4.69) is 5.32 Å². The van der Waals surface area contributed by atoms with Crippen LogP contribution in [-0.2, 0) is 4.79 Å². The lowest BCUT2D eigenvalue weighted by Crippen LogP contribution is -2.39. The van der Waals surface area contributed by atoms with Gasteiger partial charge in [0.1, 0.15) is 0 Å². The molecule has 1 saturated heterocycles. The number of carbonyl (C=O) groups excluding carboxylic acids is 1. The van der Waals surface area contributed by atoms with Crippen LogP contribution >= 0.6 is 11.6 Å². The summed E-state index contributed by atoms with van der Waals surface area (Å²) in [5.41, 5.74) is 7.13. The second-order valence-corrected chi connectivity index (χ2v) is 4.96. The van der Waals surface area contributed by atoms with E-state index in [-0.39, 0.29) is 12.5 Å². The van der Waals surface area contributed by atoms with Gasteiger partial charge in [0.25, 0.3) is 0 Å².